The number of carbonyl (C=O) groups excluding carboxylic acids is 2. The van der Waals surface area contributed by atoms with Crippen LogP contribution >= 0.6 is 0 Å². The summed E-state index contributed by atoms with van der Waals surface area (Å²) in [5, 5.41) is 0. The fraction of sp³-hybridized carbons (Fsp3) is 0.500. The zero-order valence-electron chi connectivity index (χ0n) is 13.0. The molecule has 2 atom stereocenters. The van der Waals surface area contributed by atoms with Crippen LogP contribution < -0.4 is 16.0 Å². The number of aryl methyl sites for hydroxylation is 1. The minimum absolute atomic E-state index is 0.101. The molecule has 1 saturated heterocycles. The zero-order valence-corrected chi connectivity index (χ0v) is 13.0. The molecule has 1 heterocycles. The first kappa shape index (κ1) is 16.3. The average Bonchev–Trinajstić information content (AvgIpc) is 2.53. The SMILES string of the molecule is Cc1cccc(OC(C)C(=O)N2CCCC(C(=O)NN)C2)c1. The second-order valence-corrected chi connectivity index (χ2v) is 5.71. The monoisotopic (exact) mass is 305 g/mol. The van der Waals surface area contributed by atoms with Gasteiger partial charge in [-0.1, -0.05) is 12.1 Å². The van der Waals surface area contributed by atoms with Gasteiger partial charge in [-0.2, -0.15) is 0 Å². The Hall–Kier alpha value is -2.08. The highest BCUT2D eigenvalue weighted by atomic mass is 16.5. The molecule has 0 aromatic heterocycles. The summed E-state index contributed by atoms with van der Waals surface area (Å²) >= 11 is 0. The number of piperidine rings is 1. The lowest BCUT2D eigenvalue weighted by molar-refractivity contribution is -0.141. The van der Waals surface area contributed by atoms with Crippen LogP contribution in [0.1, 0.15) is 25.3 Å². The molecule has 1 fully saturated rings. The van der Waals surface area contributed by atoms with Gasteiger partial charge in [-0.15, -0.1) is 0 Å². The van der Waals surface area contributed by atoms with Crippen LogP contribution in [0, 0.1) is 12.8 Å². The molecule has 2 amide bonds. The fourth-order valence-corrected chi connectivity index (χ4v) is 2.71. The summed E-state index contributed by atoms with van der Waals surface area (Å²) in [5.41, 5.74) is 3.24. The lowest BCUT2D eigenvalue weighted by Crippen LogP contribution is -2.50. The Morgan fingerprint density at radius 2 is 2.23 bits per heavy atom. The molecule has 1 aliphatic rings. The molecule has 0 bridgehead atoms. The highest BCUT2D eigenvalue weighted by Crippen LogP contribution is 2.19. The van der Waals surface area contributed by atoms with Crippen LogP contribution in [0.5, 0.6) is 5.75 Å². The Labute approximate surface area is 130 Å². The number of likely N-dealkylation sites (tertiary alicyclic amines) is 1. The number of ether oxygens (including phenoxy) is 1. The molecule has 2 unspecified atom stereocenters. The van der Waals surface area contributed by atoms with Crippen molar-refractivity contribution in [3.05, 3.63) is 29.8 Å². The van der Waals surface area contributed by atoms with Crippen LogP contribution in [0.15, 0.2) is 24.3 Å². The maximum Gasteiger partial charge on any atom is 0.263 e. The van der Waals surface area contributed by atoms with E-state index >= 15 is 0 Å². The lowest BCUT2D eigenvalue weighted by Gasteiger charge is -2.33. The molecule has 1 aromatic rings. The minimum Gasteiger partial charge on any atom is -0.481 e. The topological polar surface area (TPSA) is 84.7 Å². The zero-order chi connectivity index (χ0) is 16.1. The third kappa shape index (κ3) is 3.98. The van der Waals surface area contributed by atoms with Crippen molar-refractivity contribution in [3.8, 4) is 5.75 Å². The van der Waals surface area contributed by atoms with Crippen molar-refractivity contribution < 1.29 is 14.3 Å². The van der Waals surface area contributed by atoms with E-state index in [0.29, 0.717) is 18.8 Å². The molecule has 1 aliphatic heterocycles. The summed E-state index contributed by atoms with van der Waals surface area (Å²) in [5.74, 6) is 5.29. The predicted octanol–water partition coefficient (Wildman–Crippen LogP) is 0.991. The van der Waals surface area contributed by atoms with Crippen LogP contribution in [0.4, 0.5) is 0 Å². The third-order valence-corrected chi connectivity index (χ3v) is 3.90. The first-order valence-corrected chi connectivity index (χ1v) is 7.54. The van der Waals surface area contributed by atoms with Gasteiger partial charge in [-0.3, -0.25) is 15.0 Å². The lowest BCUT2D eigenvalue weighted by atomic mass is 9.97. The number of nitrogens with zero attached hydrogens (tertiary/aromatic N) is 1. The van der Waals surface area contributed by atoms with Crippen molar-refractivity contribution in [1.82, 2.24) is 10.3 Å². The highest BCUT2D eigenvalue weighted by molar-refractivity contribution is 5.83. The molecule has 1 aromatic carbocycles. The second-order valence-electron chi connectivity index (χ2n) is 5.71. The van der Waals surface area contributed by atoms with Crippen LogP contribution in [0.2, 0.25) is 0 Å². The van der Waals surface area contributed by atoms with Crippen LogP contribution in [-0.4, -0.2) is 35.9 Å². The minimum atomic E-state index is -0.582. The van der Waals surface area contributed by atoms with Crippen molar-refractivity contribution in [2.24, 2.45) is 11.8 Å². The molecule has 2 rings (SSSR count). The number of hydrazine groups is 1. The molecular weight excluding hydrogens is 282 g/mol. The van der Waals surface area contributed by atoms with E-state index in [9.17, 15) is 9.59 Å². The maximum atomic E-state index is 12.5. The number of hydrogen-bond acceptors (Lipinski definition) is 4. The fourth-order valence-electron chi connectivity index (χ4n) is 2.71. The van der Waals surface area contributed by atoms with Gasteiger partial charge in [0, 0.05) is 13.1 Å². The van der Waals surface area contributed by atoms with Crippen molar-refractivity contribution in [2.75, 3.05) is 13.1 Å². The van der Waals surface area contributed by atoms with Gasteiger partial charge in [0.05, 0.1) is 5.92 Å². The summed E-state index contributed by atoms with van der Waals surface area (Å²) in [7, 11) is 0. The first-order valence-electron chi connectivity index (χ1n) is 7.54. The number of hydrogen-bond donors (Lipinski definition) is 2. The normalized spacial score (nSPS) is 19.4. The number of nitrogens with one attached hydrogen (secondary N) is 1. The van der Waals surface area contributed by atoms with Gasteiger partial charge in [-0.05, 0) is 44.4 Å². The van der Waals surface area contributed by atoms with Gasteiger partial charge in [0.15, 0.2) is 6.10 Å². The molecule has 0 radical (unpaired) electrons. The van der Waals surface area contributed by atoms with Crippen molar-refractivity contribution in [3.63, 3.8) is 0 Å². The van der Waals surface area contributed by atoms with Crippen LogP contribution in [0.25, 0.3) is 0 Å². The first-order chi connectivity index (χ1) is 10.5. The summed E-state index contributed by atoms with van der Waals surface area (Å²) in [6.45, 7) is 4.75. The molecule has 0 saturated carbocycles. The molecule has 6 heteroatoms. The molecule has 0 aliphatic carbocycles. The molecule has 0 spiro atoms. The Bertz CT molecular complexity index is 547. The standard InChI is InChI=1S/C16H23N3O3/c1-11-5-3-7-14(9-11)22-12(2)16(21)19-8-4-6-13(10-19)15(20)18-17/h3,5,7,9,12-13H,4,6,8,10,17H2,1-2H3,(H,18,20). The van der Waals surface area contributed by atoms with Gasteiger partial charge in [0.25, 0.3) is 5.91 Å². The van der Waals surface area contributed by atoms with Crippen molar-refractivity contribution in [2.45, 2.75) is 32.8 Å². The average molecular weight is 305 g/mol. The Balaban J connectivity index is 1.96. The van der Waals surface area contributed by atoms with E-state index in [1.54, 1.807) is 11.8 Å². The number of rotatable bonds is 4. The number of benzene rings is 1. The quantitative estimate of drug-likeness (QED) is 0.493. The van der Waals surface area contributed by atoms with E-state index in [-0.39, 0.29) is 17.7 Å². The van der Waals surface area contributed by atoms with E-state index < -0.39 is 6.10 Å². The maximum absolute atomic E-state index is 12.5. The highest BCUT2D eigenvalue weighted by Gasteiger charge is 2.30. The molecular formula is C16H23N3O3. The van der Waals surface area contributed by atoms with E-state index in [1.807, 2.05) is 31.2 Å². The number of nitrogens with two attached hydrogens (primary N) is 1. The van der Waals surface area contributed by atoms with Gasteiger partial charge in [-0.25, -0.2) is 5.84 Å². The number of carbonyl (C=O) groups is 2. The summed E-state index contributed by atoms with van der Waals surface area (Å²) in [6, 6.07) is 7.59. The smallest absolute Gasteiger partial charge is 0.263 e. The Morgan fingerprint density at radius 1 is 1.45 bits per heavy atom. The van der Waals surface area contributed by atoms with Crippen molar-refractivity contribution in [1.29, 1.82) is 0 Å². The van der Waals surface area contributed by atoms with Crippen molar-refractivity contribution >= 4 is 11.8 Å². The van der Waals surface area contributed by atoms with Gasteiger partial charge in [0.2, 0.25) is 5.91 Å². The van der Waals surface area contributed by atoms with Gasteiger partial charge < -0.3 is 9.64 Å². The molecule has 6 nitrogen and oxygen atoms in total. The third-order valence-electron chi connectivity index (χ3n) is 3.90. The summed E-state index contributed by atoms with van der Waals surface area (Å²) in [6.07, 6.45) is 0.961. The molecule has 3 N–H and O–H groups in total. The van der Waals surface area contributed by atoms with Crippen LogP contribution in [0.3, 0.4) is 0 Å². The van der Waals surface area contributed by atoms with Gasteiger partial charge in [0.1, 0.15) is 5.75 Å². The van der Waals surface area contributed by atoms with Crippen LogP contribution in [-0.2, 0) is 9.59 Å². The molecule has 120 valence electrons. The van der Waals surface area contributed by atoms with E-state index in [2.05, 4.69) is 5.43 Å². The second kappa shape index (κ2) is 7.26. The van der Waals surface area contributed by atoms with E-state index in [0.717, 1.165) is 18.4 Å². The predicted molar refractivity (Wildman–Crippen MR) is 82.9 cm³/mol. The van der Waals surface area contributed by atoms with E-state index in [4.69, 9.17) is 10.6 Å². The summed E-state index contributed by atoms with van der Waals surface area (Å²) < 4.78 is 5.72. The largest absolute Gasteiger partial charge is 0.481 e. The van der Waals surface area contributed by atoms with Gasteiger partial charge >= 0.3 is 0 Å². The Kier molecular flexibility index (Phi) is 5.38. The Morgan fingerprint density at radius 3 is 2.91 bits per heavy atom. The number of amides is 2. The van der Waals surface area contributed by atoms with E-state index in [1.165, 1.54) is 0 Å². The summed E-state index contributed by atoms with van der Waals surface area (Å²) in [4.78, 5) is 25.8. The molecule has 22 heavy (non-hydrogen) atoms.